The molecule has 1 saturated heterocycles. The molecule has 2 aliphatic heterocycles. The van der Waals surface area contributed by atoms with Crippen LogP contribution in [0.15, 0.2) is 37.2 Å². The number of amides is 1. The molecule has 4 heterocycles. The second-order valence-electron chi connectivity index (χ2n) is 8.43. The molecule has 2 aliphatic rings. The third-order valence-corrected chi connectivity index (χ3v) is 5.76. The third kappa shape index (κ3) is 6.10. The first-order chi connectivity index (χ1) is 16.7. The topological polar surface area (TPSA) is 100 Å². The summed E-state index contributed by atoms with van der Waals surface area (Å²) in [6.45, 7) is 4.14. The van der Waals surface area contributed by atoms with Crippen LogP contribution in [-0.4, -0.2) is 68.7 Å². The van der Waals surface area contributed by atoms with E-state index in [0.29, 0.717) is 24.3 Å². The highest BCUT2D eigenvalue weighted by molar-refractivity contribution is 5.88. The summed E-state index contributed by atoms with van der Waals surface area (Å²) in [6, 6.07) is 0.244. The molecule has 0 aromatic carbocycles. The Balaban J connectivity index is 1.44. The van der Waals surface area contributed by atoms with Crippen molar-refractivity contribution < 1.29 is 22.7 Å². The normalized spacial score (nSPS) is 18.6. The predicted molar refractivity (Wildman–Crippen MR) is 123 cm³/mol. The summed E-state index contributed by atoms with van der Waals surface area (Å²) in [5.74, 6) is -0.582. The number of nitrogens with zero attached hydrogens (tertiary/aromatic N) is 6. The van der Waals surface area contributed by atoms with Crippen molar-refractivity contribution in [1.29, 1.82) is 0 Å². The van der Waals surface area contributed by atoms with Gasteiger partial charge < -0.3 is 25.2 Å². The van der Waals surface area contributed by atoms with Crippen molar-refractivity contribution in [2.45, 2.75) is 32.0 Å². The van der Waals surface area contributed by atoms with Crippen molar-refractivity contribution in [3.8, 4) is 0 Å². The zero-order chi connectivity index (χ0) is 25.0. The molecule has 35 heavy (non-hydrogen) atoms. The summed E-state index contributed by atoms with van der Waals surface area (Å²) in [5.41, 5.74) is 0.365. The summed E-state index contributed by atoms with van der Waals surface area (Å²) in [6.07, 6.45) is 4.69. The van der Waals surface area contributed by atoms with E-state index < -0.39 is 11.7 Å². The van der Waals surface area contributed by atoms with Gasteiger partial charge in [0.1, 0.15) is 17.6 Å². The monoisotopic (exact) mass is 492 g/mol. The Morgan fingerprint density at radius 2 is 2.11 bits per heavy atom. The Hall–Kier alpha value is -3.61. The number of ether oxygens (including phenoxy) is 1. The van der Waals surface area contributed by atoms with Crippen LogP contribution in [0.5, 0.6) is 0 Å². The molecule has 1 amide bonds. The highest BCUT2D eigenvalue weighted by atomic mass is 19.4. The first-order valence-corrected chi connectivity index (χ1v) is 11.2. The standard InChI is InChI=1S/C22H27F3N8O2/c1-15-18(14-33(30-15)16-4-8-31(2)13-16)28-21-27-12-17(22(23,24)25)20(29-21)26-6-3-7-32-9-11-35-10-5-19(32)34/h5,9-12,14,16H,3-4,6-8,13H2,1-2H3,(H2,26,27,28,29)/t16-/m1/s1. The second kappa shape index (κ2) is 10.3. The first kappa shape index (κ1) is 24.5. The molecule has 2 aromatic rings. The number of halogens is 3. The SMILES string of the molecule is Cc1nn([C@@H]2CCN(C)C2)cc1Nc1ncc(C(F)(F)F)c(NCCCN2C=COC=CC2=O)n1. The lowest BCUT2D eigenvalue weighted by Crippen LogP contribution is -2.26. The third-order valence-electron chi connectivity index (χ3n) is 5.76. The van der Waals surface area contributed by atoms with Crippen LogP contribution in [-0.2, 0) is 15.7 Å². The number of likely N-dealkylation sites (N-methyl/N-ethyl adjacent to an activating group) is 1. The number of nitrogens with one attached hydrogen (secondary N) is 2. The molecule has 0 spiro atoms. The van der Waals surface area contributed by atoms with Gasteiger partial charge in [0.15, 0.2) is 0 Å². The van der Waals surface area contributed by atoms with Gasteiger partial charge in [-0.2, -0.15) is 23.3 Å². The average Bonchev–Trinajstić information content (AvgIpc) is 3.32. The smallest absolute Gasteiger partial charge is 0.421 e. The van der Waals surface area contributed by atoms with Gasteiger partial charge in [0.2, 0.25) is 5.95 Å². The summed E-state index contributed by atoms with van der Waals surface area (Å²) < 4.78 is 47.4. The van der Waals surface area contributed by atoms with Crippen LogP contribution in [0.4, 0.5) is 30.6 Å². The molecular formula is C22H27F3N8O2. The summed E-state index contributed by atoms with van der Waals surface area (Å²) >= 11 is 0. The first-order valence-electron chi connectivity index (χ1n) is 11.2. The van der Waals surface area contributed by atoms with Crippen molar-refractivity contribution in [2.24, 2.45) is 0 Å². The van der Waals surface area contributed by atoms with Gasteiger partial charge in [-0.1, -0.05) is 0 Å². The number of carbonyl (C=O) groups is 1. The molecule has 13 heteroatoms. The van der Waals surface area contributed by atoms with Crippen LogP contribution in [0.25, 0.3) is 0 Å². The van der Waals surface area contributed by atoms with E-state index in [1.54, 1.807) is 0 Å². The van der Waals surface area contributed by atoms with Gasteiger partial charge in [0.25, 0.3) is 5.91 Å². The van der Waals surface area contributed by atoms with Crippen molar-refractivity contribution in [3.63, 3.8) is 0 Å². The fourth-order valence-corrected chi connectivity index (χ4v) is 3.89. The van der Waals surface area contributed by atoms with Crippen LogP contribution in [0, 0.1) is 6.92 Å². The molecule has 2 N–H and O–H groups in total. The zero-order valence-electron chi connectivity index (χ0n) is 19.4. The van der Waals surface area contributed by atoms with Crippen molar-refractivity contribution in [3.05, 3.63) is 48.5 Å². The van der Waals surface area contributed by atoms with Crippen LogP contribution >= 0.6 is 0 Å². The largest absolute Gasteiger partial charge is 0.471 e. The Kier molecular flexibility index (Phi) is 7.24. The quantitative estimate of drug-likeness (QED) is 0.542. The lowest BCUT2D eigenvalue weighted by atomic mass is 10.3. The molecule has 0 saturated carbocycles. The zero-order valence-corrected chi connectivity index (χ0v) is 19.4. The number of anilines is 3. The lowest BCUT2D eigenvalue weighted by Gasteiger charge is -2.17. The van der Waals surface area contributed by atoms with Crippen molar-refractivity contribution in [1.82, 2.24) is 29.5 Å². The van der Waals surface area contributed by atoms with E-state index in [0.717, 1.165) is 25.7 Å². The minimum absolute atomic E-state index is 0.0274. The van der Waals surface area contributed by atoms with E-state index in [9.17, 15) is 18.0 Å². The maximum atomic E-state index is 13.5. The molecule has 0 radical (unpaired) electrons. The minimum Gasteiger partial charge on any atom is -0.471 e. The van der Waals surface area contributed by atoms with Gasteiger partial charge in [0.05, 0.1) is 23.7 Å². The number of hydrogen-bond donors (Lipinski definition) is 2. The molecule has 188 valence electrons. The van der Waals surface area contributed by atoms with Gasteiger partial charge in [0, 0.05) is 44.3 Å². The Labute approximate surface area is 200 Å². The summed E-state index contributed by atoms with van der Waals surface area (Å²) in [4.78, 5) is 23.5. The average molecular weight is 493 g/mol. The molecule has 1 atom stereocenters. The highest BCUT2D eigenvalue weighted by Gasteiger charge is 2.35. The summed E-state index contributed by atoms with van der Waals surface area (Å²) in [5, 5.41) is 10.3. The van der Waals surface area contributed by atoms with E-state index in [1.165, 1.54) is 29.7 Å². The molecule has 1 fully saturated rings. The Morgan fingerprint density at radius 1 is 1.29 bits per heavy atom. The molecule has 2 aromatic heterocycles. The van der Waals surface area contributed by atoms with Crippen molar-refractivity contribution in [2.75, 3.05) is 43.9 Å². The fraction of sp³-hybridized carbons (Fsp3) is 0.455. The second-order valence-corrected chi connectivity index (χ2v) is 8.43. The number of likely N-dealkylation sites (tertiary alicyclic amines) is 1. The number of carbonyl (C=O) groups excluding carboxylic acids is 1. The lowest BCUT2D eigenvalue weighted by molar-refractivity contribution is -0.137. The number of alkyl halides is 3. The van der Waals surface area contributed by atoms with Crippen LogP contribution in [0.2, 0.25) is 0 Å². The fourth-order valence-electron chi connectivity index (χ4n) is 3.89. The maximum absolute atomic E-state index is 13.5. The van der Waals surface area contributed by atoms with Gasteiger partial charge in [-0.3, -0.25) is 9.48 Å². The van der Waals surface area contributed by atoms with Gasteiger partial charge >= 0.3 is 6.18 Å². The molecule has 0 aliphatic carbocycles. The van der Waals surface area contributed by atoms with E-state index >= 15 is 0 Å². The predicted octanol–water partition coefficient (Wildman–Crippen LogP) is 3.27. The number of aromatic nitrogens is 4. The molecular weight excluding hydrogens is 465 g/mol. The van der Waals surface area contributed by atoms with E-state index in [-0.39, 0.29) is 30.3 Å². The number of hydrogen-bond acceptors (Lipinski definition) is 8. The van der Waals surface area contributed by atoms with E-state index in [2.05, 4.69) is 30.6 Å². The maximum Gasteiger partial charge on any atom is 0.421 e. The highest BCUT2D eigenvalue weighted by Crippen LogP contribution is 2.34. The molecule has 10 nitrogen and oxygen atoms in total. The number of rotatable bonds is 8. The van der Waals surface area contributed by atoms with Gasteiger partial charge in [-0.05, 0) is 33.4 Å². The molecule has 4 rings (SSSR count). The van der Waals surface area contributed by atoms with Crippen LogP contribution in [0.3, 0.4) is 0 Å². The van der Waals surface area contributed by atoms with Gasteiger partial charge in [-0.15, -0.1) is 0 Å². The minimum atomic E-state index is -4.62. The van der Waals surface area contributed by atoms with Gasteiger partial charge in [-0.25, -0.2) is 4.98 Å². The Morgan fingerprint density at radius 3 is 2.86 bits per heavy atom. The number of aryl methyl sites for hydroxylation is 1. The molecule has 0 unspecified atom stereocenters. The van der Waals surface area contributed by atoms with E-state index in [4.69, 9.17) is 4.74 Å². The molecule has 0 bridgehead atoms. The van der Waals surface area contributed by atoms with Crippen LogP contribution in [0.1, 0.15) is 30.1 Å². The van der Waals surface area contributed by atoms with E-state index in [1.807, 2.05) is 24.9 Å². The Bertz CT molecular complexity index is 1110. The van der Waals surface area contributed by atoms with Crippen molar-refractivity contribution >= 4 is 23.4 Å². The summed E-state index contributed by atoms with van der Waals surface area (Å²) in [7, 11) is 2.05. The van der Waals surface area contributed by atoms with Crippen LogP contribution < -0.4 is 10.6 Å².